The molecule has 0 spiro atoms. The van der Waals surface area contributed by atoms with Crippen LogP contribution < -0.4 is 0 Å². The topological polar surface area (TPSA) is 0 Å². The second-order valence-corrected chi connectivity index (χ2v) is 4.73. The Morgan fingerprint density at radius 1 is 1.13 bits per heavy atom. The Morgan fingerprint density at radius 2 is 1.67 bits per heavy atom. The van der Waals surface area contributed by atoms with E-state index in [9.17, 15) is 13.2 Å². The highest BCUT2D eigenvalue weighted by Crippen LogP contribution is 2.29. The Labute approximate surface area is 88.1 Å². The lowest BCUT2D eigenvalue weighted by atomic mass is 9.85. The van der Waals surface area contributed by atoms with Gasteiger partial charge in [0.25, 0.3) is 0 Å². The fourth-order valence-electron chi connectivity index (χ4n) is 1.33. The fraction of sp³-hybridized carbons (Fsp3) is 0.500. The van der Waals surface area contributed by atoms with Crippen molar-refractivity contribution >= 4 is 0 Å². The molecule has 0 bridgehead atoms. The number of halogens is 3. The molecule has 1 rings (SSSR count). The summed E-state index contributed by atoms with van der Waals surface area (Å²) in [5.41, 5.74) is 0.0684. The van der Waals surface area contributed by atoms with Crippen LogP contribution in [0, 0.1) is 11.6 Å². The first-order valence-electron chi connectivity index (χ1n) is 4.87. The van der Waals surface area contributed by atoms with E-state index in [2.05, 4.69) is 0 Å². The van der Waals surface area contributed by atoms with Gasteiger partial charge in [-0.3, -0.25) is 0 Å². The van der Waals surface area contributed by atoms with Gasteiger partial charge >= 0.3 is 0 Å². The van der Waals surface area contributed by atoms with E-state index in [1.54, 1.807) is 0 Å². The van der Waals surface area contributed by atoms with E-state index in [1.165, 1.54) is 13.0 Å². The minimum atomic E-state index is -1.50. The first-order chi connectivity index (χ1) is 6.73. The summed E-state index contributed by atoms with van der Waals surface area (Å²) >= 11 is 0. The summed E-state index contributed by atoms with van der Waals surface area (Å²) in [5, 5.41) is 0. The van der Waals surface area contributed by atoms with E-state index >= 15 is 0 Å². The van der Waals surface area contributed by atoms with Gasteiger partial charge in [0.15, 0.2) is 11.6 Å². The van der Waals surface area contributed by atoms with Gasteiger partial charge in [-0.2, -0.15) is 0 Å². The van der Waals surface area contributed by atoms with Crippen LogP contribution in [0.4, 0.5) is 13.2 Å². The van der Waals surface area contributed by atoms with Crippen LogP contribution in [0.1, 0.15) is 45.0 Å². The zero-order valence-corrected chi connectivity index (χ0v) is 9.37. The molecule has 3 heteroatoms. The number of rotatable bonds is 1. The van der Waals surface area contributed by atoms with Crippen molar-refractivity contribution in [3.63, 3.8) is 0 Å². The molecule has 0 aromatic heterocycles. The van der Waals surface area contributed by atoms with Crippen LogP contribution in [0.25, 0.3) is 0 Å². The van der Waals surface area contributed by atoms with Gasteiger partial charge in [0.1, 0.15) is 6.17 Å². The van der Waals surface area contributed by atoms with E-state index < -0.39 is 17.8 Å². The molecule has 0 nitrogen and oxygen atoms in total. The van der Waals surface area contributed by atoms with Crippen molar-refractivity contribution in [1.29, 1.82) is 0 Å². The van der Waals surface area contributed by atoms with Crippen LogP contribution in [0.3, 0.4) is 0 Å². The zero-order valence-electron chi connectivity index (χ0n) is 9.37. The molecule has 1 atom stereocenters. The van der Waals surface area contributed by atoms with Crippen molar-refractivity contribution in [2.24, 2.45) is 0 Å². The maximum absolute atomic E-state index is 13.2. The van der Waals surface area contributed by atoms with Crippen LogP contribution in [0.15, 0.2) is 12.1 Å². The average molecular weight is 216 g/mol. The Hall–Kier alpha value is -0.990. The maximum Gasteiger partial charge on any atom is 0.164 e. The molecule has 0 aliphatic rings. The quantitative estimate of drug-likeness (QED) is 0.656. The third-order valence-corrected chi connectivity index (χ3v) is 2.35. The minimum Gasteiger partial charge on any atom is -0.242 e. The molecule has 1 unspecified atom stereocenters. The zero-order chi connectivity index (χ0) is 11.8. The van der Waals surface area contributed by atoms with Crippen LogP contribution in [0.2, 0.25) is 0 Å². The number of hydrogen-bond acceptors (Lipinski definition) is 0. The molecule has 15 heavy (non-hydrogen) atoms. The largest absolute Gasteiger partial charge is 0.242 e. The third-order valence-electron chi connectivity index (χ3n) is 2.35. The molecular weight excluding hydrogens is 201 g/mol. The smallest absolute Gasteiger partial charge is 0.164 e. The van der Waals surface area contributed by atoms with E-state index in [1.807, 2.05) is 20.8 Å². The van der Waals surface area contributed by atoms with Gasteiger partial charge in [0, 0.05) is 5.56 Å². The van der Waals surface area contributed by atoms with Crippen molar-refractivity contribution in [3.8, 4) is 0 Å². The molecule has 0 aliphatic heterocycles. The highest BCUT2D eigenvalue weighted by Gasteiger charge is 2.21. The molecule has 0 radical (unpaired) electrons. The predicted molar refractivity (Wildman–Crippen MR) is 54.6 cm³/mol. The van der Waals surface area contributed by atoms with Crippen LogP contribution in [-0.4, -0.2) is 0 Å². The highest BCUT2D eigenvalue weighted by atomic mass is 19.2. The summed E-state index contributed by atoms with van der Waals surface area (Å²) in [6.07, 6.45) is -1.50. The Morgan fingerprint density at radius 3 is 2.07 bits per heavy atom. The minimum absolute atomic E-state index is 0.208. The van der Waals surface area contributed by atoms with Gasteiger partial charge in [-0.15, -0.1) is 0 Å². The monoisotopic (exact) mass is 216 g/mol. The predicted octanol–water partition coefficient (Wildman–Crippen LogP) is 4.29. The second-order valence-electron chi connectivity index (χ2n) is 4.73. The van der Waals surface area contributed by atoms with E-state index in [4.69, 9.17) is 0 Å². The first-order valence-corrected chi connectivity index (χ1v) is 4.87. The Balaban J connectivity index is 3.36. The van der Waals surface area contributed by atoms with Crippen molar-refractivity contribution in [2.45, 2.75) is 39.3 Å². The lowest BCUT2D eigenvalue weighted by Crippen LogP contribution is -2.13. The lowest BCUT2D eigenvalue weighted by Gasteiger charge is -2.20. The molecule has 0 saturated heterocycles. The molecule has 0 amide bonds. The molecule has 1 aromatic carbocycles. The number of alkyl halides is 1. The molecule has 0 saturated carbocycles. The summed E-state index contributed by atoms with van der Waals surface area (Å²) in [7, 11) is 0. The van der Waals surface area contributed by atoms with Crippen molar-refractivity contribution in [2.75, 3.05) is 0 Å². The van der Waals surface area contributed by atoms with Crippen molar-refractivity contribution < 1.29 is 13.2 Å². The summed E-state index contributed by atoms with van der Waals surface area (Å²) in [4.78, 5) is 0. The number of benzene rings is 1. The molecule has 0 heterocycles. The fourth-order valence-corrected chi connectivity index (χ4v) is 1.33. The summed E-state index contributed by atoms with van der Waals surface area (Å²) in [5.74, 6) is -2.07. The van der Waals surface area contributed by atoms with Crippen molar-refractivity contribution in [3.05, 3.63) is 34.9 Å². The summed E-state index contributed by atoms with van der Waals surface area (Å²) < 4.78 is 39.4. The van der Waals surface area contributed by atoms with E-state index in [0.717, 1.165) is 6.07 Å². The highest BCUT2D eigenvalue weighted by molar-refractivity contribution is 5.32. The summed E-state index contributed by atoms with van der Waals surface area (Å²) in [6, 6.07) is 2.52. The third kappa shape index (κ3) is 2.52. The maximum atomic E-state index is 13.2. The molecular formula is C12H15F3. The van der Waals surface area contributed by atoms with Crippen molar-refractivity contribution in [1.82, 2.24) is 0 Å². The van der Waals surface area contributed by atoms with Gasteiger partial charge in [-0.1, -0.05) is 20.8 Å². The second kappa shape index (κ2) is 3.87. The lowest BCUT2D eigenvalue weighted by molar-refractivity contribution is 0.352. The molecule has 0 fully saturated rings. The normalized spacial score (nSPS) is 14.1. The number of hydrogen-bond donors (Lipinski definition) is 0. The Kier molecular flexibility index (Phi) is 3.12. The molecule has 0 aliphatic carbocycles. The van der Waals surface area contributed by atoms with Gasteiger partial charge in [-0.05, 0) is 30.0 Å². The van der Waals surface area contributed by atoms with E-state index in [-0.39, 0.29) is 11.0 Å². The van der Waals surface area contributed by atoms with Gasteiger partial charge in [0.05, 0.1) is 0 Å². The molecule has 1 aromatic rings. The van der Waals surface area contributed by atoms with Crippen LogP contribution >= 0.6 is 0 Å². The Bertz CT molecular complexity index is 362. The average Bonchev–Trinajstić information content (AvgIpc) is 2.06. The van der Waals surface area contributed by atoms with Gasteiger partial charge in [0.2, 0.25) is 0 Å². The SMILES string of the molecule is CC(F)c1cc(C(C)(C)C)cc(F)c1F. The standard InChI is InChI=1S/C12H15F3/c1-7(13)9-5-8(12(2,3)4)6-10(14)11(9)15/h5-7H,1-4H3. The first kappa shape index (κ1) is 12.1. The van der Waals surface area contributed by atoms with Gasteiger partial charge < -0.3 is 0 Å². The van der Waals surface area contributed by atoms with E-state index in [0.29, 0.717) is 5.56 Å². The molecule has 0 N–H and O–H groups in total. The van der Waals surface area contributed by atoms with Crippen LogP contribution in [0.5, 0.6) is 0 Å². The van der Waals surface area contributed by atoms with Gasteiger partial charge in [-0.25, -0.2) is 13.2 Å². The molecule has 84 valence electrons. The van der Waals surface area contributed by atoms with Crippen LogP contribution in [-0.2, 0) is 5.41 Å². The summed E-state index contributed by atoms with van der Waals surface area (Å²) in [6.45, 7) is 6.80.